The highest BCUT2D eigenvalue weighted by molar-refractivity contribution is 9.10. The number of nitrogens with zero attached hydrogens (tertiary/aromatic N) is 3. The fraction of sp³-hybridized carbons (Fsp3) is 0.200. The van der Waals surface area contributed by atoms with E-state index < -0.39 is 0 Å². The molecule has 9 heteroatoms. The zero-order chi connectivity index (χ0) is 20.4. The molecule has 4 rings (SSSR count). The largest absolute Gasteiger partial charge is 0.329 e. The van der Waals surface area contributed by atoms with Gasteiger partial charge in [-0.05, 0) is 55.3 Å². The number of halogens is 2. The third kappa shape index (κ3) is 4.49. The molecule has 148 valence electrons. The average Bonchev–Trinajstić information content (AvgIpc) is 3.37. The van der Waals surface area contributed by atoms with Gasteiger partial charge in [-0.3, -0.25) is 9.59 Å². The number of hydrogen-bond acceptors (Lipinski definition) is 5. The third-order valence-electron chi connectivity index (χ3n) is 4.61. The summed E-state index contributed by atoms with van der Waals surface area (Å²) in [6.45, 7) is 0.656. The van der Waals surface area contributed by atoms with Crippen LogP contribution in [-0.4, -0.2) is 33.5 Å². The molecule has 1 atom stereocenters. The van der Waals surface area contributed by atoms with Crippen LogP contribution in [-0.2, 0) is 0 Å². The summed E-state index contributed by atoms with van der Waals surface area (Å²) >= 11 is 10.5. The van der Waals surface area contributed by atoms with Crippen molar-refractivity contribution in [3.63, 3.8) is 0 Å². The number of nitrogens with one attached hydrogen (secondary N) is 1. The van der Waals surface area contributed by atoms with E-state index >= 15 is 0 Å². The Morgan fingerprint density at radius 2 is 1.97 bits per heavy atom. The van der Waals surface area contributed by atoms with Gasteiger partial charge < -0.3 is 10.2 Å². The molecule has 2 aromatic carbocycles. The van der Waals surface area contributed by atoms with Crippen molar-refractivity contribution in [2.24, 2.45) is 0 Å². The van der Waals surface area contributed by atoms with Crippen molar-refractivity contribution in [2.75, 3.05) is 11.9 Å². The maximum Gasteiger partial charge on any atom is 0.286 e. The van der Waals surface area contributed by atoms with Crippen molar-refractivity contribution < 1.29 is 9.59 Å². The number of carbonyl (C=O) groups excluding carboxylic acids is 2. The molecule has 0 aliphatic carbocycles. The number of benzene rings is 2. The Kier molecular flexibility index (Phi) is 5.94. The average molecular weight is 492 g/mol. The minimum Gasteiger partial charge on any atom is -0.329 e. The highest BCUT2D eigenvalue weighted by Gasteiger charge is 2.33. The molecule has 1 aliphatic rings. The second-order valence-corrected chi connectivity index (χ2v) is 8.93. The maximum absolute atomic E-state index is 12.9. The molecule has 29 heavy (non-hydrogen) atoms. The van der Waals surface area contributed by atoms with Crippen molar-refractivity contribution in [3.05, 3.63) is 73.6 Å². The second-order valence-electron chi connectivity index (χ2n) is 6.57. The summed E-state index contributed by atoms with van der Waals surface area (Å²) in [6, 6.07) is 14.0. The minimum absolute atomic E-state index is 0.0415. The van der Waals surface area contributed by atoms with Crippen LogP contribution in [0.3, 0.4) is 0 Å². The Balaban J connectivity index is 1.49. The van der Waals surface area contributed by atoms with Crippen molar-refractivity contribution >= 4 is 56.4 Å². The molecule has 3 aromatic rings. The molecule has 0 radical (unpaired) electrons. The van der Waals surface area contributed by atoms with Crippen LogP contribution in [0, 0.1) is 0 Å². The van der Waals surface area contributed by atoms with E-state index in [1.165, 1.54) is 11.3 Å². The molecular weight excluding hydrogens is 476 g/mol. The molecule has 0 spiro atoms. The Morgan fingerprint density at radius 1 is 1.17 bits per heavy atom. The Bertz CT molecular complexity index is 1060. The third-order valence-corrected chi connectivity index (χ3v) is 6.39. The van der Waals surface area contributed by atoms with E-state index in [1.54, 1.807) is 36.4 Å². The van der Waals surface area contributed by atoms with Crippen LogP contribution in [0.15, 0.2) is 53.0 Å². The number of aromatic nitrogens is 2. The predicted octanol–water partition coefficient (Wildman–Crippen LogP) is 5.18. The topological polar surface area (TPSA) is 75.2 Å². The van der Waals surface area contributed by atoms with Gasteiger partial charge in [-0.25, -0.2) is 0 Å². The van der Waals surface area contributed by atoms with Gasteiger partial charge in [0.15, 0.2) is 0 Å². The van der Waals surface area contributed by atoms with Gasteiger partial charge in [-0.2, -0.15) is 0 Å². The summed E-state index contributed by atoms with van der Waals surface area (Å²) < 4.78 is 0.923. The first-order valence-corrected chi connectivity index (χ1v) is 11.0. The summed E-state index contributed by atoms with van der Waals surface area (Å²) in [4.78, 5) is 27.2. The molecule has 1 aliphatic heterocycles. The van der Waals surface area contributed by atoms with Gasteiger partial charge in [-0.1, -0.05) is 44.9 Å². The van der Waals surface area contributed by atoms with E-state index in [9.17, 15) is 9.59 Å². The lowest BCUT2D eigenvalue weighted by atomic mass is 10.2. The van der Waals surface area contributed by atoms with Gasteiger partial charge in [0.25, 0.3) is 11.8 Å². The summed E-state index contributed by atoms with van der Waals surface area (Å²) in [6.07, 6.45) is 1.68. The lowest BCUT2D eigenvalue weighted by Crippen LogP contribution is -2.30. The highest BCUT2D eigenvalue weighted by Crippen LogP contribution is 2.35. The Morgan fingerprint density at radius 3 is 2.72 bits per heavy atom. The minimum atomic E-state index is -0.347. The number of hydrogen-bond donors (Lipinski definition) is 1. The molecule has 0 saturated carbocycles. The van der Waals surface area contributed by atoms with Crippen LogP contribution in [0.25, 0.3) is 0 Å². The fourth-order valence-electron chi connectivity index (χ4n) is 3.24. The van der Waals surface area contributed by atoms with Crippen molar-refractivity contribution in [3.8, 4) is 0 Å². The van der Waals surface area contributed by atoms with Gasteiger partial charge in [0.05, 0.1) is 6.04 Å². The van der Waals surface area contributed by atoms with Crippen LogP contribution >= 0.6 is 38.9 Å². The summed E-state index contributed by atoms with van der Waals surface area (Å²) in [5, 5.41) is 12.5. The maximum atomic E-state index is 12.9. The molecule has 6 nitrogen and oxygen atoms in total. The summed E-state index contributed by atoms with van der Waals surface area (Å²) in [5.74, 6) is -0.389. The van der Waals surface area contributed by atoms with Gasteiger partial charge in [0, 0.05) is 27.3 Å². The van der Waals surface area contributed by atoms with Crippen LogP contribution in [0.4, 0.5) is 5.69 Å². The first-order valence-electron chi connectivity index (χ1n) is 8.98. The molecule has 0 bridgehead atoms. The normalized spacial score (nSPS) is 16.1. The molecule has 1 N–H and O–H groups in total. The van der Waals surface area contributed by atoms with Gasteiger partial charge in [-0.15, -0.1) is 10.2 Å². The van der Waals surface area contributed by atoms with Crippen molar-refractivity contribution in [1.29, 1.82) is 0 Å². The van der Waals surface area contributed by atoms with Crippen LogP contribution in [0.1, 0.15) is 44.1 Å². The molecular formula is C20H16BrClN4O2S. The van der Waals surface area contributed by atoms with Crippen LogP contribution < -0.4 is 5.32 Å². The standard InChI is InChI=1S/C20H16BrClN4O2S/c21-13-8-6-12(7-9-13)20(28)26-10-2-5-16(26)18-24-25-19(29-18)17(27)23-15-4-1-3-14(22)11-15/h1,3-4,6-9,11,16H,2,5,10H2,(H,23,27)/t16-/m1/s1. The van der Waals surface area contributed by atoms with Gasteiger partial charge >= 0.3 is 0 Å². The molecule has 1 fully saturated rings. The zero-order valence-corrected chi connectivity index (χ0v) is 18.3. The van der Waals surface area contributed by atoms with Crippen molar-refractivity contribution in [2.45, 2.75) is 18.9 Å². The van der Waals surface area contributed by atoms with E-state index in [1.807, 2.05) is 17.0 Å². The molecule has 0 unspecified atom stereocenters. The number of likely N-dealkylation sites (tertiary alicyclic amines) is 1. The van der Waals surface area contributed by atoms with Gasteiger partial charge in [0.1, 0.15) is 5.01 Å². The lowest BCUT2D eigenvalue weighted by molar-refractivity contribution is 0.0735. The van der Waals surface area contributed by atoms with E-state index in [2.05, 4.69) is 31.4 Å². The number of anilines is 1. The number of rotatable bonds is 4. The van der Waals surface area contributed by atoms with E-state index in [-0.39, 0.29) is 22.9 Å². The van der Waals surface area contributed by atoms with E-state index in [4.69, 9.17) is 11.6 Å². The molecule has 2 amide bonds. The second kappa shape index (κ2) is 8.61. The first kappa shape index (κ1) is 20.0. The van der Waals surface area contributed by atoms with Gasteiger partial charge in [0.2, 0.25) is 5.01 Å². The number of amides is 2. The lowest BCUT2D eigenvalue weighted by Gasteiger charge is -2.22. The quantitative estimate of drug-likeness (QED) is 0.545. The zero-order valence-electron chi connectivity index (χ0n) is 15.1. The van der Waals surface area contributed by atoms with E-state index in [0.29, 0.717) is 27.8 Å². The summed E-state index contributed by atoms with van der Waals surface area (Å²) in [5.41, 5.74) is 1.22. The summed E-state index contributed by atoms with van der Waals surface area (Å²) in [7, 11) is 0. The molecule has 2 heterocycles. The Labute approximate surface area is 185 Å². The SMILES string of the molecule is O=C(Nc1cccc(Cl)c1)c1nnc([C@H]2CCCN2C(=O)c2ccc(Br)cc2)s1. The number of carbonyl (C=O) groups is 2. The van der Waals surface area contributed by atoms with Crippen LogP contribution in [0.5, 0.6) is 0 Å². The monoisotopic (exact) mass is 490 g/mol. The van der Waals surface area contributed by atoms with E-state index in [0.717, 1.165) is 17.3 Å². The van der Waals surface area contributed by atoms with Crippen molar-refractivity contribution in [1.82, 2.24) is 15.1 Å². The molecule has 1 saturated heterocycles. The predicted molar refractivity (Wildman–Crippen MR) is 116 cm³/mol. The van der Waals surface area contributed by atoms with Crippen LogP contribution in [0.2, 0.25) is 5.02 Å². The Hall–Kier alpha value is -2.29. The molecule has 1 aromatic heterocycles. The smallest absolute Gasteiger partial charge is 0.286 e. The first-order chi connectivity index (χ1) is 14.0. The highest BCUT2D eigenvalue weighted by atomic mass is 79.9. The fourth-order valence-corrected chi connectivity index (χ4v) is 4.58.